The van der Waals surface area contributed by atoms with Gasteiger partial charge in [0.1, 0.15) is 4.21 Å². The van der Waals surface area contributed by atoms with Crippen molar-refractivity contribution in [3.8, 4) is 0 Å². The molecule has 1 aliphatic heterocycles. The number of hydrogen-bond donors (Lipinski definition) is 2. The zero-order valence-corrected chi connectivity index (χ0v) is 17.2. The maximum absolute atomic E-state index is 12.7. The molecule has 27 heavy (non-hydrogen) atoms. The van der Waals surface area contributed by atoms with E-state index in [2.05, 4.69) is 10.2 Å². The first kappa shape index (κ1) is 20.4. The van der Waals surface area contributed by atoms with Gasteiger partial charge in [0, 0.05) is 44.1 Å². The average Bonchev–Trinajstić information content (AvgIpc) is 3.18. The van der Waals surface area contributed by atoms with E-state index in [9.17, 15) is 16.8 Å². The maximum Gasteiger partial charge on any atom is 0.215 e. The van der Waals surface area contributed by atoms with Gasteiger partial charge in [0.05, 0.1) is 15.5 Å². The van der Waals surface area contributed by atoms with Crippen LogP contribution in [0.2, 0.25) is 0 Å². The molecule has 1 aliphatic rings. The monoisotopic (exact) mass is 429 g/mol. The Morgan fingerprint density at radius 1 is 0.963 bits per heavy atom. The number of rotatable bonds is 7. The Hall–Kier alpha value is -1.30. The van der Waals surface area contributed by atoms with Crippen LogP contribution in [0.1, 0.15) is 4.88 Å². The van der Waals surface area contributed by atoms with Gasteiger partial charge in [0.2, 0.25) is 9.84 Å². The summed E-state index contributed by atoms with van der Waals surface area (Å²) in [6, 6.07) is 8.67. The van der Waals surface area contributed by atoms with Crippen molar-refractivity contribution in [1.29, 1.82) is 0 Å². The number of nitrogens with two attached hydrogens (primary N) is 1. The first-order valence-corrected chi connectivity index (χ1v) is 12.6. The molecule has 1 saturated heterocycles. The predicted octanol–water partition coefficient (Wildman–Crippen LogP) is 0.719. The van der Waals surface area contributed by atoms with E-state index in [0.717, 1.165) is 42.4 Å². The Bertz CT molecular complexity index is 977. The highest BCUT2D eigenvalue weighted by Crippen LogP contribution is 2.28. The van der Waals surface area contributed by atoms with Crippen LogP contribution in [0.25, 0.3) is 0 Å². The summed E-state index contributed by atoms with van der Waals surface area (Å²) in [6.07, 6.45) is 0. The fourth-order valence-corrected chi connectivity index (χ4v) is 6.78. The molecule has 1 aromatic heterocycles. The van der Waals surface area contributed by atoms with Crippen molar-refractivity contribution in [2.45, 2.75) is 20.5 Å². The van der Waals surface area contributed by atoms with Crippen molar-refractivity contribution in [3.63, 3.8) is 0 Å². The standard InChI is InChI=1S/C17H23N3O4S3/c18-13-14-1-6-17(25-14)27(23,24)16-4-2-15(3-5-16)26(21,22)12-11-20-9-7-19-8-10-20/h1-6,19H,7-13,18H2. The quantitative estimate of drug-likeness (QED) is 0.667. The van der Waals surface area contributed by atoms with Gasteiger partial charge in [-0.05, 0) is 36.4 Å². The molecule has 10 heteroatoms. The second-order valence-electron chi connectivity index (χ2n) is 6.31. The van der Waals surface area contributed by atoms with Gasteiger partial charge in [-0.2, -0.15) is 0 Å². The number of thiophene rings is 1. The number of piperazine rings is 1. The number of benzene rings is 1. The SMILES string of the molecule is NCc1ccc(S(=O)(=O)c2ccc(S(=O)(=O)CCN3CCNCC3)cc2)s1. The predicted molar refractivity (Wildman–Crippen MR) is 105 cm³/mol. The molecule has 0 amide bonds. The first-order chi connectivity index (χ1) is 12.8. The molecule has 0 saturated carbocycles. The Kier molecular flexibility index (Phi) is 6.34. The van der Waals surface area contributed by atoms with Crippen molar-refractivity contribution in [3.05, 3.63) is 41.3 Å². The minimum absolute atomic E-state index is 0.0177. The minimum Gasteiger partial charge on any atom is -0.326 e. The van der Waals surface area contributed by atoms with E-state index in [-0.39, 0.29) is 26.3 Å². The van der Waals surface area contributed by atoms with Gasteiger partial charge < -0.3 is 11.1 Å². The van der Waals surface area contributed by atoms with Gasteiger partial charge in [-0.15, -0.1) is 11.3 Å². The van der Waals surface area contributed by atoms with E-state index in [0.29, 0.717) is 6.54 Å². The van der Waals surface area contributed by atoms with Gasteiger partial charge in [-0.25, -0.2) is 16.8 Å². The van der Waals surface area contributed by atoms with E-state index in [1.54, 1.807) is 6.07 Å². The van der Waals surface area contributed by atoms with Crippen LogP contribution in [0, 0.1) is 0 Å². The lowest BCUT2D eigenvalue weighted by Gasteiger charge is -2.26. The lowest BCUT2D eigenvalue weighted by Crippen LogP contribution is -2.45. The van der Waals surface area contributed by atoms with Crippen molar-refractivity contribution in [1.82, 2.24) is 10.2 Å². The second kappa shape index (κ2) is 8.38. The van der Waals surface area contributed by atoms with E-state index in [1.165, 1.54) is 30.3 Å². The van der Waals surface area contributed by atoms with Crippen LogP contribution in [0.5, 0.6) is 0 Å². The minimum atomic E-state index is -3.67. The third kappa shape index (κ3) is 4.76. The van der Waals surface area contributed by atoms with E-state index >= 15 is 0 Å². The highest BCUT2D eigenvalue weighted by atomic mass is 32.2. The van der Waals surface area contributed by atoms with E-state index < -0.39 is 19.7 Å². The number of nitrogens with zero attached hydrogens (tertiary/aromatic N) is 1. The molecule has 2 heterocycles. The van der Waals surface area contributed by atoms with Crippen LogP contribution in [0.4, 0.5) is 0 Å². The summed E-state index contributed by atoms with van der Waals surface area (Å²) < 4.78 is 50.6. The zero-order valence-electron chi connectivity index (χ0n) is 14.8. The number of hydrogen-bond acceptors (Lipinski definition) is 8. The topological polar surface area (TPSA) is 110 Å². The maximum atomic E-state index is 12.7. The Labute approximate surface area is 164 Å². The van der Waals surface area contributed by atoms with Gasteiger partial charge in [0.15, 0.2) is 9.84 Å². The molecule has 0 aliphatic carbocycles. The van der Waals surface area contributed by atoms with Crippen LogP contribution in [-0.2, 0) is 26.2 Å². The fourth-order valence-electron chi connectivity index (χ4n) is 2.86. The molecule has 0 spiro atoms. The summed E-state index contributed by atoms with van der Waals surface area (Å²) in [7, 11) is -7.12. The third-order valence-corrected chi connectivity index (χ3v) is 9.56. The van der Waals surface area contributed by atoms with Crippen LogP contribution >= 0.6 is 11.3 Å². The van der Waals surface area contributed by atoms with Crippen molar-refractivity contribution in [2.75, 3.05) is 38.5 Å². The Morgan fingerprint density at radius 2 is 1.59 bits per heavy atom. The molecule has 1 fully saturated rings. The van der Waals surface area contributed by atoms with Crippen molar-refractivity contribution in [2.24, 2.45) is 5.73 Å². The summed E-state index contributed by atoms with van der Waals surface area (Å²) in [6.45, 7) is 4.14. The molecule has 2 aromatic rings. The summed E-state index contributed by atoms with van der Waals surface area (Å²) in [4.78, 5) is 3.11. The number of sulfone groups is 2. The first-order valence-electron chi connectivity index (χ1n) is 8.63. The summed E-state index contributed by atoms with van der Waals surface area (Å²) >= 11 is 1.13. The molecule has 3 rings (SSSR count). The Balaban J connectivity index is 1.73. The second-order valence-corrected chi connectivity index (χ2v) is 11.8. The smallest absolute Gasteiger partial charge is 0.215 e. The highest BCUT2D eigenvalue weighted by Gasteiger charge is 2.22. The lowest BCUT2D eigenvalue weighted by molar-refractivity contribution is 0.254. The van der Waals surface area contributed by atoms with E-state index in [1.807, 2.05) is 0 Å². The molecular weight excluding hydrogens is 406 g/mol. The van der Waals surface area contributed by atoms with Crippen molar-refractivity contribution < 1.29 is 16.8 Å². The largest absolute Gasteiger partial charge is 0.326 e. The zero-order chi connectivity index (χ0) is 19.5. The van der Waals surface area contributed by atoms with Crippen molar-refractivity contribution >= 4 is 31.0 Å². The average molecular weight is 430 g/mol. The normalized spacial score (nSPS) is 16.5. The van der Waals surface area contributed by atoms with Crippen LogP contribution in [0.3, 0.4) is 0 Å². The van der Waals surface area contributed by atoms with Gasteiger partial charge in [-0.1, -0.05) is 0 Å². The van der Waals surface area contributed by atoms with Crippen LogP contribution < -0.4 is 11.1 Å². The Morgan fingerprint density at radius 3 is 2.19 bits per heavy atom. The number of nitrogens with one attached hydrogen (secondary N) is 1. The van der Waals surface area contributed by atoms with Gasteiger partial charge in [-0.3, -0.25) is 4.90 Å². The fraction of sp³-hybridized carbons (Fsp3) is 0.412. The highest BCUT2D eigenvalue weighted by molar-refractivity contribution is 7.93. The molecule has 148 valence electrons. The molecule has 0 radical (unpaired) electrons. The summed E-state index contributed by atoms with van der Waals surface area (Å²) in [5.41, 5.74) is 5.54. The molecule has 0 bridgehead atoms. The third-order valence-electron chi connectivity index (χ3n) is 4.48. The van der Waals surface area contributed by atoms with Crippen LogP contribution in [-0.4, -0.2) is 60.2 Å². The summed E-state index contributed by atoms with van der Waals surface area (Å²) in [5.74, 6) is 0.0177. The van der Waals surface area contributed by atoms with Crippen LogP contribution in [0.15, 0.2) is 50.4 Å². The lowest BCUT2D eigenvalue weighted by atomic mass is 10.4. The molecule has 0 unspecified atom stereocenters. The van der Waals surface area contributed by atoms with Gasteiger partial charge in [0.25, 0.3) is 0 Å². The summed E-state index contributed by atoms with van der Waals surface area (Å²) in [5, 5.41) is 3.23. The molecule has 0 atom stereocenters. The molecule has 3 N–H and O–H groups in total. The van der Waals surface area contributed by atoms with Gasteiger partial charge >= 0.3 is 0 Å². The molecular formula is C17H23N3O4S3. The van der Waals surface area contributed by atoms with E-state index in [4.69, 9.17) is 5.73 Å². The molecule has 1 aromatic carbocycles. The molecule has 7 nitrogen and oxygen atoms in total.